The summed E-state index contributed by atoms with van der Waals surface area (Å²) in [5.74, 6) is 6.75. The van der Waals surface area contributed by atoms with Gasteiger partial charge in [-0.15, -0.1) is 0 Å². The van der Waals surface area contributed by atoms with Gasteiger partial charge in [-0.1, -0.05) is 0 Å². The number of methoxy groups -OCH3 is 1. The Balaban J connectivity index is 1.99. The van der Waals surface area contributed by atoms with Gasteiger partial charge in [0.1, 0.15) is 11.8 Å². The Hall–Kier alpha value is -1.93. The number of ether oxygens (including phenoxy) is 1. The van der Waals surface area contributed by atoms with Crippen molar-refractivity contribution in [1.29, 1.82) is 0 Å². The standard InChI is InChI=1S/C12H18N6O2/c1-17(13)10-9-11(15-6-14-10)18(12(19)16-9)8-3-7(4-8)5-20-2/h6-8H,3-5,13H2,1-2H3,(H,16,19). The number of imidazole rings is 1. The third-order valence-electron chi connectivity index (χ3n) is 3.80. The highest BCUT2D eigenvalue weighted by Crippen LogP contribution is 2.38. The third kappa shape index (κ3) is 1.97. The summed E-state index contributed by atoms with van der Waals surface area (Å²) in [5, 5.41) is 1.37. The zero-order valence-electron chi connectivity index (χ0n) is 11.5. The first kappa shape index (κ1) is 13.1. The molecule has 0 unspecified atom stereocenters. The lowest BCUT2D eigenvalue weighted by molar-refractivity contribution is 0.0778. The molecule has 2 aromatic heterocycles. The van der Waals surface area contributed by atoms with Crippen molar-refractivity contribution in [3.63, 3.8) is 0 Å². The Morgan fingerprint density at radius 2 is 2.30 bits per heavy atom. The van der Waals surface area contributed by atoms with Crippen LogP contribution in [0.2, 0.25) is 0 Å². The largest absolute Gasteiger partial charge is 0.384 e. The van der Waals surface area contributed by atoms with Crippen molar-refractivity contribution in [1.82, 2.24) is 19.5 Å². The molecule has 0 bridgehead atoms. The molecule has 2 heterocycles. The number of fused-ring (bicyclic) bond motifs is 1. The summed E-state index contributed by atoms with van der Waals surface area (Å²) in [7, 11) is 3.37. The maximum Gasteiger partial charge on any atom is 0.328 e. The number of nitrogens with two attached hydrogens (primary N) is 1. The zero-order valence-corrected chi connectivity index (χ0v) is 11.5. The summed E-state index contributed by atoms with van der Waals surface area (Å²) < 4.78 is 6.84. The molecule has 0 aromatic carbocycles. The lowest BCUT2D eigenvalue weighted by atomic mass is 9.80. The van der Waals surface area contributed by atoms with E-state index >= 15 is 0 Å². The third-order valence-corrected chi connectivity index (χ3v) is 3.80. The number of nitrogens with zero attached hydrogens (tertiary/aromatic N) is 4. The highest BCUT2D eigenvalue weighted by molar-refractivity contribution is 5.82. The van der Waals surface area contributed by atoms with Crippen LogP contribution < -0.4 is 16.5 Å². The van der Waals surface area contributed by atoms with E-state index in [4.69, 9.17) is 10.6 Å². The van der Waals surface area contributed by atoms with Gasteiger partial charge in [-0.25, -0.2) is 20.6 Å². The molecule has 0 atom stereocenters. The van der Waals surface area contributed by atoms with E-state index in [-0.39, 0.29) is 11.7 Å². The van der Waals surface area contributed by atoms with Gasteiger partial charge >= 0.3 is 5.69 Å². The van der Waals surface area contributed by atoms with E-state index in [0.29, 0.717) is 22.9 Å². The molecule has 1 aliphatic rings. The monoisotopic (exact) mass is 278 g/mol. The second-order valence-electron chi connectivity index (χ2n) is 5.25. The molecule has 8 heteroatoms. The number of hydrogen-bond acceptors (Lipinski definition) is 6. The lowest BCUT2D eigenvalue weighted by Crippen LogP contribution is -2.34. The van der Waals surface area contributed by atoms with Crippen LogP contribution in [0.5, 0.6) is 0 Å². The van der Waals surface area contributed by atoms with Crippen LogP contribution in [-0.4, -0.2) is 40.3 Å². The molecule has 2 aromatic rings. The van der Waals surface area contributed by atoms with Gasteiger partial charge in [0.05, 0.1) is 0 Å². The van der Waals surface area contributed by atoms with E-state index in [2.05, 4.69) is 15.0 Å². The van der Waals surface area contributed by atoms with Gasteiger partial charge in [0.15, 0.2) is 11.5 Å². The van der Waals surface area contributed by atoms with E-state index in [1.807, 2.05) is 0 Å². The first-order chi connectivity index (χ1) is 9.61. The van der Waals surface area contributed by atoms with E-state index in [0.717, 1.165) is 19.4 Å². The average molecular weight is 278 g/mol. The number of hydrogen-bond donors (Lipinski definition) is 2. The van der Waals surface area contributed by atoms with Gasteiger partial charge < -0.3 is 9.72 Å². The zero-order chi connectivity index (χ0) is 14.3. The van der Waals surface area contributed by atoms with Crippen LogP contribution in [0.1, 0.15) is 18.9 Å². The van der Waals surface area contributed by atoms with Crippen molar-refractivity contribution in [2.75, 3.05) is 25.8 Å². The van der Waals surface area contributed by atoms with Crippen LogP contribution in [0, 0.1) is 5.92 Å². The van der Waals surface area contributed by atoms with Crippen LogP contribution in [0.25, 0.3) is 11.2 Å². The Bertz CT molecular complexity index is 670. The van der Waals surface area contributed by atoms with Gasteiger partial charge in [0, 0.05) is 26.8 Å². The van der Waals surface area contributed by atoms with E-state index < -0.39 is 0 Å². The summed E-state index contributed by atoms with van der Waals surface area (Å²) in [6, 6.07) is 0.169. The van der Waals surface area contributed by atoms with Gasteiger partial charge in [0.25, 0.3) is 0 Å². The minimum atomic E-state index is -0.163. The van der Waals surface area contributed by atoms with Crippen molar-refractivity contribution < 1.29 is 4.74 Å². The van der Waals surface area contributed by atoms with Crippen LogP contribution in [0.3, 0.4) is 0 Å². The minimum absolute atomic E-state index is 0.163. The fourth-order valence-electron chi connectivity index (χ4n) is 2.81. The number of anilines is 1. The average Bonchev–Trinajstić information content (AvgIpc) is 2.69. The van der Waals surface area contributed by atoms with Crippen LogP contribution in [-0.2, 0) is 4.74 Å². The molecular formula is C12H18N6O2. The summed E-state index contributed by atoms with van der Waals surface area (Å²) in [6.07, 6.45) is 3.28. The Morgan fingerprint density at radius 1 is 1.55 bits per heavy atom. The lowest BCUT2D eigenvalue weighted by Gasteiger charge is -2.35. The highest BCUT2D eigenvalue weighted by Gasteiger charge is 2.33. The highest BCUT2D eigenvalue weighted by atomic mass is 16.5. The molecule has 0 spiro atoms. The van der Waals surface area contributed by atoms with Gasteiger partial charge in [0.2, 0.25) is 0 Å². The smallest absolute Gasteiger partial charge is 0.328 e. The molecule has 3 rings (SSSR count). The minimum Gasteiger partial charge on any atom is -0.384 e. The van der Waals surface area contributed by atoms with Crippen LogP contribution >= 0.6 is 0 Å². The summed E-state index contributed by atoms with van der Waals surface area (Å²) >= 11 is 0. The Labute approximate surface area is 115 Å². The predicted octanol–water partition coefficient (Wildman–Crippen LogP) is 0.0270. The molecule has 8 nitrogen and oxygen atoms in total. The molecule has 0 aliphatic heterocycles. The molecule has 0 amide bonds. The normalized spacial score (nSPS) is 21.9. The first-order valence-electron chi connectivity index (χ1n) is 6.54. The molecule has 20 heavy (non-hydrogen) atoms. The summed E-state index contributed by atoms with van der Waals surface area (Å²) in [5.41, 5.74) is 1.03. The van der Waals surface area contributed by atoms with Crippen molar-refractivity contribution >= 4 is 17.0 Å². The Morgan fingerprint density at radius 3 is 2.95 bits per heavy atom. The van der Waals surface area contributed by atoms with Crippen molar-refractivity contribution in [2.45, 2.75) is 18.9 Å². The number of H-pyrrole nitrogens is 1. The Kier molecular flexibility index (Phi) is 3.19. The van der Waals surface area contributed by atoms with Gasteiger partial charge in [-0.2, -0.15) is 0 Å². The SMILES string of the molecule is COCC1CC(n2c(=O)[nH]c3c(N(C)N)ncnc32)C1. The number of rotatable bonds is 4. The first-order valence-corrected chi connectivity index (χ1v) is 6.54. The molecule has 0 radical (unpaired) electrons. The van der Waals surface area contributed by atoms with Crippen LogP contribution in [0.15, 0.2) is 11.1 Å². The predicted molar refractivity (Wildman–Crippen MR) is 74.4 cm³/mol. The van der Waals surface area contributed by atoms with E-state index in [9.17, 15) is 4.79 Å². The van der Waals surface area contributed by atoms with E-state index in [1.165, 1.54) is 11.3 Å². The number of aromatic amines is 1. The molecule has 1 aliphatic carbocycles. The second kappa shape index (κ2) is 4.88. The number of aromatic nitrogens is 4. The molecular weight excluding hydrogens is 260 g/mol. The maximum absolute atomic E-state index is 12.2. The topological polar surface area (TPSA) is 102 Å². The van der Waals surface area contributed by atoms with Crippen molar-refractivity contribution in [3.8, 4) is 0 Å². The number of nitrogens with one attached hydrogen (secondary N) is 1. The number of hydrazine groups is 1. The van der Waals surface area contributed by atoms with Crippen molar-refractivity contribution in [2.24, 2.45) is 11.8 Å². The summed E-state index contributed by atoms with van der Waals surface area (Å²) in [4.78, 5) is 23.3. The van der Waals surface area contributed by atoms with Crippen LogP contribution in [0.4, 0.5) is 5.82 Å². The fourth-order valence-corrected chi connectivity index (χ4v) is 2.81. The fraction of sp³-hybridized carbons (Fsp3) is 0.583. The molecule has 3 N–H and O–H groups in total. The maximum atomic E-state index is 12.2. The molecule has 1 saturated carbocycles. The van der Waals surface area contributed by atoms with Crippen molar-refractivity contribution in [3.05, 3.63) is 16.8 Å². The second-order valence-corrected chi connectivity index (χ2v) is 5.25. The summed E-state index contributed by atoms with van der Waals surface area (Å²) in [6.45, 7) is 0.735. The van der Waals surface area contributed by atoms with Gasteiger partial charge in [-0.05, 0) is 18.8 Å². The van der Waals surface area contributed by atoms with E-state index in [1.54, 1.807) is 18.7 Å². The molecule has 1 fully saturated rings. The van der Waals surface area contributed by atoms with Gasteiger partial charge in [-0.3, -0.25) is 9.58 Å². The quantitative estimate of drug-likeness (QED) is 0.604. The molecule has 0 saturated heterocycles. The molecule has 108 valence electrons.